The summed E-state index contributed by atoms with van der Waals surface area (Å²) in [6.07, 6.45) is 0. The molecule has 7 heteroatoms. The molecule has 0 atom stereocenters. The summed E-state index contributed by atoms with van der Waals surface area (Å²) >= 11 is 4.73. The topological polar surface area (TPSA) is 64.6 Å². The Balaban J connectivity index is 2.53. The fourth-order valence-electron chi connectivity index (χ4n) is 2.19. The van der Waals surface area contributed by atoms with Gasteiger partial charge in [0.1, 0.15) is 17.2 Å². The Bertz CT molecular complexity index is 724. The van der Waals surface area contributed by atoms with E-state index in [1.807, 2.05) is 31.2 Å². The number of rotatable bonds is 5. The van der Waals surface area contributed by atoms with Crippen LogP contribution in [-0.2, 0) is 14.3 Å². The Morgan fingerprint density at radius 3 is 2.43 bits per heavy atom. The van der Waals surface area contributed by atoms with Gasteiger partial charge in [-0.2, -0.15) is 0 Å². The first-order valence-corrected chi connectivity index (χ1v) is 8.35. The summed E-state index contributed by atoms with van der Waals surface area (Å²) in [7, 11) is 2.76. The van der Waals surface area contributed by atoms with Gasteiger partial charge in [0.2, 0.25) is 0 Å². The van der Waals surface area contributed by atoms with Crippen molar-refractivity contribution in [3.05, 3.63) is 39.2 Å². The highest BCUT2D eigenvalue weighted by Gasteiger charge is 2.25. The van der Waals surface area contributed by atoms with Gasteiger partial charge in [0.15, 0.2) is 0 Å². The molecule has 1 amide bonds. The summed E-state index contributed by atoms with van der Waals surface area (Å²) in [5.74, 6) is -0.804. The van der Waals surface area contributed by atoms with Gasteiger partial charge in [-0.05, 0) is 24.6 Å². The summed E-state index contributed by atoms with van der Waals surface area (Å²) in [5, 5.41) is 3.18. The van der Waals surface area contributed by atoms with Crippen LogP contribution < -0.4 is 5.32 Å². The van der Waals surface area contributed by atoms with Crippen LogP contribution in [0, 0.1) is 6.92 Å². The van der Waals surface area contributed by atoms with Gasteiger partial charge in [-0.3, -0.25) is 4.79 Å². The van der Waals surface area contributed by atoms with E-state index < -0.39 is 5.97 Å². The van der Waals surface area contributed by atoms with Gasteiger partial charge in [-0.25, -0.2) is 4.79 Å². The molecular formula is C16H16BrNO4S. The first-order chi connectivity index (χ1) is 11.0. The number of esters is 1. The minimum Gasteiger partial charge on any atom is -0.465 e. The quantitative estimate of drug-likeness (QED) is 0.777. The van der Waals surface area contributed by atoms with Crippen molar-refractivity contribution in [1.29, 1.82) is 0 Å². The first kappa shape index (κ1) is 17.7. The molecule has 0 aliphatic carbocycles. The van der Waals surface area contributed by atoms with Crippen LogP contribution in [0.3, 0.4) is 0 Å². The van der Waals surface area contributed by atoms with Crippen LogP contribution in [0.15, 0.2) is 28.7 Å². The monoisotopic (exact) mass is 397 g/mol. The number of anilines is 1. The number of benzene rings is 1. The molecule has 1 aromatic heterocycles. The van der Waals surface area contributed by atoms with Crippen molar-refractivity contribution in [2.45, 2.75) is 6.92 Å². The predicted octanol–water partition coefficient (Wildman–Crippen LogP) is 3.86. The fraction of sp³-hybridized carbons (Fsp3) is 0.250. The van der Waals surface area contributed by atoms with Crippen LogP contribution in [0.25, 0.3) is 11.1 Å². The highest BCUT2D eigenvalue weighted by molar-refractivity contribution is 9.10. The van der Waals surface area contributed by atoms with Gasteiger partial charge in [-0.1, -0.05) is 28.1 Å². The molecule has 1 N–H and O–H groups in total. The van der Waals surface area contributed by atoms with Crippen molar-refractivity contribution in [2.24, 2.45) is 0 Å². The van der Waals surface area contributed by atoms with Crippen molar-refractivity contribution >= 4 is 44.1 Å². The van der Waals surface area contributed by atoms with Crippen LogP contribution >= 0.6 is 27.3 Å². The number of methoxy groups -OCH3 is 2. The van der Waals surface area contributed by atoms with Gasteiger partial charge >= 0.3 is 5.97 Å². The van der Waals surface area contributed by atoms with E-state index in [9.17, 15) is 9.59 Å². The molecule has 0 fully saturated rings. The maximum Gasteiger partial charge on any atom is 0.341 e. The van der Waals surface area contributed by atoms with Crippen molar-refractivity contribution in [1.82, 2.24) is 0 Å². The molecule has 23 heavy (non-hydrogen) atoms. The normalized spacial score (nSPS) is 10.4. The van der Waals surface area contributed by atoms with E-state index >= 15 is 0 Å². The van der Waals surface area contributed by atoms with E-state index in [4.69, 9.17) is 9.47 Å². The van der Waals surface area contributed by atoms with Gasteiger partial charge < -0.3 is 14.8 Å². The van der Waals surface area contributed by atoms with E-state index in [0.717, 1.165) is 20.5 Å². The van der Waals surface area contributed by atoms with Crippen molar-refractivity contribution < 1.29 is 19.1 Å². The lowest BCUT2D eigenvalue weighted by atomic mass is 10.0. The minimum atomic E-state index is -0.486. The maximum atomic E-state index is 12.2. The van der Waals surface area contributed by atoms with Crippen LogP contribution in [0.1, 0.15) is 15.2 Å². The lowest BCUT2D eigenvalue weighted by Crippen LogP contribution is -2.18. The molecule has 0 unspecified atom stereocenters. The number of nitrogens with one attached hydrogen (secondary N) is 1. The third kappa shape index (κ3) is 3.99. The molecule has 0 aliphatic rings. The Hall–Kier alpha value is -1.70. The van der Waals surface area contributed by atoms with Crippen molar-refractivity contribution in [3.63, 3.8) is 0 Å². The number of carbonyl (C=O) groups is 2. The molecule has 2 aromatic rings. The van der Waals surface area contributed by atoms with E-state index in [-0.39, 0.29) is 12.5 Å². The number of amides is 1. The molecule has 2 rings (SSSR count). The van der Waals surface area contributed by atoms with Crippen LogP contribution in [0.5, 0.6) is 0 Å². The number of thiophene rings is 1. The van der Waals surface area contributed by atoms with Crippen LogP contribution in [-0.4, -0.2) is 32.7 Å². The molecule has 0 saturated carbocycles. The second-order valence-corrected chi connectivity index (χ2v) is 6.86. The number of halogens is 1. The zero-order valence-corrected chi connectivity index (χ0v) is 15.3. The van der Waals surface area contributed by atoms with Crippen LogP contribution in [0.2, 0.25) is 0 Å². The maximum absolute atomic E-state index is 12.2. The Kier molecular flexibility index (Phi) is 5.92. The largest absolute Gasteiger partial charge is 0.465 e. The molecule has 0 bridgehead atoms. The third-order valence-corrected chi connectivity index (χ3v) is 4.68. The molecule has 1 aromatic carbocycles. The average molecular weight is 398 g/mol. The second-order valence-electron chi connectivity index (χ2n) is 4.72. The van der Waals surface area contributed by atoms with E-state index in [1.54, 1.807) is 0 Å². The zero-order chi connectivity index (χ0) is 17.0. The fourth-order valence-corrected chi connectivity index (χ4v) is 3.53. The first-order valence-electron chi connectivity index (χ1n) is 6.74. The summed E-state index contributed by atoms with van der Waals surface area (Å²) in [4.78, 5) is 24.9. The SMILES string of the molecule is COCC(=O)Nc1sc(C)c(-c2ccc(Br)cc2)c1C(=O)OC. The number of ether oxygens (including phenoxy) is 2. The third-order valence-electron chi connectivity index (χ3n) is 3.14. The van der Waals surface area contributed by atoms with Gasteiger partial charge in [0.05, 0.1) is 7.11 Å². The van der Waals surface area contributed by atoms with Gasteiger partial charge in [0, 0.05) is 22.0 Å². The zero-order valence-electron chi connectivity index (χ0n) is 12.9. The molecule has 0 spiro atoms. The molecule has 0 radical (unpaired) electrons. The predicted molar refractivity (Wildman–Crippen MR) is 94.0 cm³/mol. The van der Waals surface area contributed by atoms with E-state index in [2.05, 4.69) is 21.2 Å². The lowest BCUT2D eigenvalue weighted by molar-refractivity contribution is -0.119. The molecule has 1 heterocycles. The number of carbonyl (C=O) groups excluding carboxylic acids is 2. The number of hydrogen-bond donors (Lipinski definition) is 1. The Labute approximate surface area is 146 Å². The van der Waals surface area contributed by atoms with E-state index in [1.165, 1.54) is 25.6 Å². The van der Waals surface area contributed by atoms with Crippen molar-refractivity contribution in [2.75, 3.05) is 26.1 Å². The molecule has 0 saturated heterocycles. The van der Waals surface area contributed by atoms with Gasteiger partial charge in [-0.15, -0.1) is 11.3 Å². The number of aryl methyl sites for hydroxylation is 1. The Morgan fingerprint density at radius 2 is 1.87 bits per heavy atom. The highest BCUT2D eigenvalue weighted by Crippen LogP contribution is 2.40. The molecule has 0 aliphatic heterocycles. The summed E-state index contributed by atoms with van der Waals surface area (Å²) in [6.45, 7) is 1.83. The number of hydrogen-bond acceptors (Lipinski definition) is 5. The lowest BCUT2D eigenvalue weighted by Gasteiger charge is -2.08. The van der Waals surface area contributed by atoms with Crippen LogP contribution in [0.4, 0.5) is 5.00 Å². The molecule has 122 valence electrons. The highest BCUT2D eigenvalue weighted by atomic mass is 79.9. The summed E-state index contributed by atoms with van der Waals surface area (Å²) in [5.41, 5.74) is 2.01. The summed E-state index contributed by atoms with van der Waals surface area (Å²) in [6, 6.07) is 7.62. The van der Waals surface area contributed by atoms with Gasteiger partial charge in [0.25, 0.3) is 5.91 Å². The standard InChI is InChI=1S/C16H16BrNO4S/c1-9-13(10-4-6-11(17)7-5-10)14(16(20)22-3)15(23-9)18-12(19)8-21-2/h4-7H,8H2,1-3H3,(H,18,19). The molecular weight excluding hydrogens is 382 g/mol. The summed E-state index contributed by atoms with van der Waals surface area (Å²) < 4.78 is 10.6. The average Bonchev–Trinajstić information content (AvgIpc) is 2.83. The van der Waals surface area contributed by atoms with Crippen molar-refractivity contribution in [3.8, 4) is 11.1 Å². The van der Waals surface area contributed by atoms with E-state index in [0.29, 0.717) is 10.6 Å². The molecule has 5 nitrogen and oxygen atoms in total. The second kappa shape index (κ2) is 7.72. The Morgan fingerprint density at radius 1 is 1.22 bits per heavy atom. The minimum absolute atomic E-state index is 0.0782. The smallest absolute Gasteiger partial charge is 0.341 e.